The Morgan fingerprint density at radius 2 is 1.87 bits per heavy atom. The third-order valence-corrected chi connectivity index (χ3v) is 7.71. The number of anilines is 1. The van der Waals surface area contributed by atoms with Crippen molar-refractivity contribution < 1.29 is 13.2 Å². The number of nitrogens with zero attached hydrogens (tertiary/aromatic N) is 3. The summed E-state index contributed by atoms with van der Waals surface area (Å²) in [6.45, 7) is 3.85. The Morgan fingerprint density at radius 3 is 2.50 bits per heavy atom. The molecule has 0 bridgehead atoms. The van der Waals surface area contributed by atoms with E-state index in [0.717, 1.165) is 29.8 Å². The molecule has 1 saturated heterocycles. The summed E-state index contributed by atoms with van der Waals surface area (Å²) in [4.78, 5) is 18.1. The molecule has 1 saturated carbocycles. The fourth-order valence-electron chi connectivity index (χ4n) is 4.16. The molecule has 5 rings (SSSR count). The molecule has 1 N–H and O–H groups in total. The number of aryl methyl sites for hydroxylation is 2. The van der Waals surface area contributed by atoms with Gasteiger partial charge in [-0.05, 0) is 51.3 Å². The average Bonchev–Trinajstić information content (AvgIpc) is 3.42. The summed E-state index contributed by atoms with van der Waals surface area (Å²) in [5.74, 6) is 0.399. The lowest BCUT2D eigenvalue weighted by molar-refractivity contribution is 0.102. The predicted octanol–water partition coefficient (Wildman–Crippen LogP) is 3.54. The van der Waals surface area contributed by atoms with Crippen molar-refractivity contribution >= 4 is 32.5 Å². The van der Waals surface area contributed by atoms with Crippen LogP contribution >= 0.6 is 0 Å². The van der Waals surface area contributed by atoms with Gasteiger partial charge in [0.1, 0.15) is 0 Å². The van der Waals surface area contributed by atoms with Crippen molar-refractivity contribution in [2.24, 2.45) is 0 Å². The summed E-state index contributed by atoms with van der Waals surface area (Å²) < 4.78 is 25.8. The van der Waals surface area contributed by atoms with E-state index in [1.54, 1.807) is 4.68 Å². The number of rotatable bonds is 4. The molecule has 3 aromatic rings. The van der Waals surface area contributed by atoms with Crippen LogP contribution in [0.25, 0.3) is 11.0 Å². The highest BCUT2D eigenvalue weighted by Crippen LogP contribution is 2.41. The number of pyridine rings is 1. The Kier molecular flexibility index (Phi) is 4.43. The zero-order chi connectivity index (χ0) is 21.0. The van der Waals surface area contributed by atoms with E-state index in [2.05, 4.69) is 10.4 Å². The van der Waals surface area contributed by atoms with Gasteiger partial charge in [-0.25, -0.2) is 18.1 Å². The summed E-state index contributed by atoms with van der Waals surface area (Å²) >= 11 is 0. The van der Waals surface area contributed by atoms with Gasteiger partial charge < -0.3 is 5.32 Å². The lowest BCUT2D eigenvalue weighted by Gasteiger charge is -2.12. The third kappa shape index (κ3) is 3.49. The molecule has 1 amide bonds. The Labute approximate surface area is 175 Å². The van der Waals surface area contributed by atoms with E-state index in [0.29, 0.717) is 34.6 Å². The van der Waals surface area contributed by atoms with Gasteiger partial charge >= 0.3 is 0 Å². The van der Waals surface area contributed by atoms with Gasteiger partial charge in [-0.2, -0.15) is 5.10 Å². The molecule has 3 heterocycles. The predicted molar refractivity (Wildman–Crippen MR) is 116 cm³/mol. The van der Waals surface area contributed by atoms with Gasteiger partial charge in [-0.1, -0.05) is 17.7 Å². The fourth-order valence-corrected chi connectivity index (χ4v) is 5.85. The molecule has 1 aliphatic heterocycles. The molecule has 1 atom stereocenters. The Balaban J connectivity index is 1.60. The molecule has 1 aromatic carbocycles. The number of aromatic nitrogens is 3. The zero-order valence-corrected chi connectivity index (χ0v) is 17.9. The molecule has 2 aromatic heterocycles. The van der Waals surface area contributed by atoms with Crippen molar-refractivity contribution in [2.75, 3.05) is 16.8 Å². The normalized spacial score (nSPS) is 20.5. The van der Waals surface area contributed by atoms with Gasteiger partial charge in [0.2, 0.25) is 0 Å². The quantitative estimate of drug-likeness (QED) is 0.691. The minimum absolute atomic E-state index is 0.0729. The Bertz CT molecular complexity index is 1260. The van der Waals surface area contributed by atoms with Crippen molar-refractivity contribution in [1.82, 2.24) is 14.8 Å². The third-order valence-electron chi connectivity index (χ3n) is 5.96. The van der Waals surface area contributed by atoms with Gasteiger partial charge in [0.15, 0.2) is 15.5 Å². The van der Waals surface area contributed by atoms with Gasteiger partial charge in [0, 0.05) is 17.3 Å². The number of sulfone groups is 1. The van der Waals surface area contributed by atoms with Gasteiger partial charge in [-0.15, -0.1) is 0 Å². The first kappa shape index (κ1) is 19.2. The van der Waals surface area contributed by atoms with E-state index in [9.17, 15) is 13.2 Å². The Morgan fingerprint density at radius 1 is 1.13 bits per heavy atom. The SMILES string of the molecule is Cc1ccc(NC(=O)c2cc(C3CC3)nc3c2c(C)nn3C2CCS(=O)(=O)C2)cc1. The maximum atomic E-state index is 13.2. The number of hydrogen-bond acceptors (Lipinski definition) is 5. The smallest absolute Gasteiger partial charge is 0.256 e. The van der Waals surface area contributed by atoms with E-state index in [4.69, 9.17) is 4.98 Å². The number of nitrogens with one attached hydrogen (secondary N) is 1. The van der Waals surface area contributed by atoms with Crippen LogP contribution in [-0.2, 0) is 9.84 Å². The van der Waals surface area contributed by atoms with E-state index in [1.165, 1.54) is 0 Å². The van der Waals surface area contributed by atoms with Gasteiger partial charge in [0.05, 0.1) is 34.2 Å². The molecule has 2 aliphatic rings. The molecule has 1 unspecified atom stereocenters. The second-order valence-corrected chi connectivity index (χ2v) is 10.7. The van der Waals surface area contributed by atoms with E-state index < -0.39 is 9.84 Å². The minimum Gasteiger partial charge on any atom is -0.322 e. The standard InChI is InChI=1S/C22H24N4O3S/c1-13-3-7-16(8-4-13)23-22(27)18-11-19(15-5-6-15)24-21-20(18)14(2)25-26(21)17-9-10-30(28,29)12-17/h3-4,7-8,11,15,17H,5-6,9-10,12H2,1-2H3,(H,23,27). The largest absolute Gasteiger partial charge is 0.322 e. The first-order valence-corrected chi connectivity index (χ1v) is 12.1. The fraction of sp³-hybridized carbons (Fsp3) is 0.409. The van der Waals surface area contributed by atoms with Crippen LogP contribution in [0, 0.1) is 13.8 Å². The first-order chi connectivity index (χ1) is 14.3. The molecule has 2 fully saturated rings. The van der Waals surface area contributed by atoms with Gasteiger partial charge in [-0.3, -0.25) is 4.79 Å². The Hall–Kier alpha value is -2.74. The van der Waals surface area contributed by atoms with E-state index in [-0.39, 0.29) is 23.5 Å². The van der Waals surface area contributed by atoms with E-state index >= 15 is 0 Å². The van der Waals surface area contributed by atoms with Crippen LogP contribution in [0.15, 0.2) is 30.3 Å². The summed E-state index contributed by atoms with van der Waals surface area (Å²) in [5, 5.41) is 8.32. The highest BCUT2D eigenvalue weighted by Gasteiger charge is 2.34. The first-order valence-electron chi connectivity index (χ1n) is 10.3. The van der Waals surface area contributed by atoms with Crippen LogP contribution in [0.1, 0.15) is 58.5 Å². The number of hydrogen-bond donors (Lipinski definition) is 1. The maximum Gasteiger partial charge on any atom is 0.256 e. The summed E-state index contributed by atoms with van der Waals surface area (Å²) in [6.07, 6.45) is 2.64. The number of carbonyl (C=O) groups is 1. The molecular formula is C22H24N4O3S. The van der Waals surface area contributed by atoms with Crippen LogP contribution in [0.5, 0.6) is 0 Å². The second-order valence-electron chi connectivity index (χ2n) is 8.47. The molecule has 7 nitrogen and oxygen atoms in total. The lowest BCUT2D eigenvalue weighted by Crippen LogP contribution is -2.15. The molecule has 30 heavy (non-hydrogen) atoms. The van der Waals surface area contributed by atoms with Crippen molar-refractivity contribution in [3.05, 3.63) is 52.8 Å². The monoisotopic (exact) mass is 424 g/mol. The highest BCUT2D eigenvalue weighted by molar-refractivity contribution is 7.91. The molecule has 1 aliphatic carbocycles. The van der Waals surface area contributed by atoms with Crippen LogP contribution in [0.3, 0.4) is 0 Å². The minimum atomic E-state index is -3.06. The van der Waals surface area contributed by atoms with Crippen molar-refractivity contribution in [1.29, 1.82) is 0 Å². The highest BCUT2D eigenvalue weighted by atomic mass is 32.2. The molecule has 156 valence electrons. The summed E-state index contributed by atoms with van der Waals surface area (Å²) in [7, 11) is -3.06. The summed E-state index contributed by atoms with van der Waals surface area (Å²) in [6, 6.07) is 9.32. The average molecular weight is 425 g/mol. The number of fused-ring (bicyclic) bond motifs is 1. The maximum absolute atomic E-state index is 13.2. The topological polar surface area (TPSA) is 93.9 Å². The van der Waals surface area contributed by atoms with Crippen molar-refractivity contribution in [3.63, 3.8) is 0 Å². The lowest BCUT2D eigenvalue weighted by atomic mass is 10.1. The molecule has 0 spiro atoms. The van der Waals surface area contributed by atoms with Crippen LogP contribution in [0.4, 0.5) is 5.69 Å². The molecule has 0 radical (unpaired) electrons. The van der Waals surface area contributed by atoms with Crippen LogP contribution in [0.2, 0.25) is 0 Å². The molecule has 8 heteroatoms. The second kappa shape index (κ2) is 6.91. The van der Waals surface area contributed by atoms with Crippen molar-refractivity contribution in [3.8, 4) is 0 Å². The molecular weight excluding hydrogens is 400 g/mol. The van der Waals surface area contributed by atoms with Crippen LogP contribution in [-0.4, -0.2) is 40.6 Å². The van der Waals surface area contributed by atoms with Crippen molar-refractivity contribution in [2.45, 2.75) is 45.1 Å². The van der Waals surface area contributed by atoms with Gasteiger partial charge in [0.25, 0.3) is 5.91 Å². The van der Waals surface area contributed by atoms with Crippen LogP contribution < -0.4 is 5.32 Å². The van der Waals surface area contributed by atoms with E-state index in [1.807, 2.05) is 44.2 Å². The summed E-state index contributed by atoms with van der Waals surface area (Å²) in [5.41, 5.74) is 4.60. The zero-order valence-electron chi connectivity index (χ0n) is 17.1. The number of amides is 1. The number of carbonyl (C=O) groups excluding carboxylic acids is 1. The number of benzene rings is 1.